The number of hydroxylamine groups is 1. The predicted octanol–water partition coefficient (Wildman–Crippen LogP) is -11.4. The van der Waals surface area contributed by atoms with Gasteiger partial charge in [0.1, 0.15) is 23.0 Å². The topological polar surface area (TPSA) is 963 Å². The number of amides is 5. The highest BCUT2D eigenvalue weighted by molar-refractivity contribution is 7.79. The molecule has 5 amide bonds. The molecular formula is C66H132N50O17S3. The van der Waals surface area contributed by atoms with Crippen molar-refractivity contribution in [1.29, 1.82) is 0 Å². The molecule has 38 N–H and O–H groups in total. The first kappa shape index (κ1) is 120. The zero-order valence-electron chi connectivity index (χ0n) is 78.1. The molecule has 9 aromatic heterocycles. The zero-order valence-corrected chi connectivity index (χ0v) is 80.5. The predicted molar refractivity (Wildman–Crippen MR) is 513 cm³/mol. The third-order valence-electron chi connectivity index (χ3n) is 16.7. The van der Waals surface area contributed by atoms with Crippen LogP contribution >= 0.6 is 24.4 Å². The van der Waals surface area contributed by atoms with Crippen molar-refractivity contribution in [3.8, 4) is 5.75 Å². The van der Waals surface area contributed by atoms with Crippen molar-refractivity contribution < 1.29 is 50.6 Å². The highest BCUT2D eigenvalue weighted by Gasteiger charge is 2.32. The zero-order chi connectivity index (χ0) is 102. The number of imide groups is 1. The maximum absolute atomic E-state index is 11.2. The number of guanidine groups is 1. The molecule has 0 spiro atoms. The van der Waals surface area contributed by atoms with Crippen molar-refractivity contribution in [2.75, 3.05) is 298 Å². The van der Waals surface area contributed by atoms with Gasteiger partial charge in [-0.3, -0.25) is 59.7 Å². The van der Waals surface area contributed by atoms with Gasteiger partial charge in [0.25, 0.3) is 22.7 Å². The number of urea groups is 2. The number of nitrogens with one attached hydrogen (secondary N) is 15. The first-order valence-corrected chi connectivity index (χ1v) is 42.5. The first-order valence-electron chi connectivity index (χ1n) is 40.7. The highest BCUT2D eigenvalue weighted by atomic mass is 32.2. The molecule has 2 unspecified atom stereocenters. The lowest BCUT2D eigenvalue weighted by atomic mass is 10.2. The van der Waals surface area contributed by atoms with Gasteiger partial charge in [-0.25, -0.2) is 53.9 Å². The van der Waals surface area contributed by atoms with Crippen LogP contribution in [-0.4, -0.2) is 410 Å². The summed E-state index contributed by atoms with van der Waals surface area (Å²) in [6, 6.07) is 1.13. The van der Waals surface area contributed by atoms with Crippen LogP contribution in [0.25, 0.3) is 0 Å². The average Bonchev–Trinajstić information content (AvgIpc) is 0.999. The minimum absolute atomic E-state index is 0.0745. The Bertz CT molecular complexity index is 5090. The molecule has 67 nitrogen and oxygen atoms in total. The van der Waals surface area contributed by atoms with Crippen LogP contribution in [0.1, 0.15) is 5.82 Å². The lowest BCUT2D eigenvalue weighted by Gasteiger charge is -2.20. The number of tetrazole rings is 1. The van der Waals surface area contributed by atoms with Crippen molar-refractivity contribution in [3.05, 3.63) is 96.3 Å². The SMILES string of the molecule is CN(CCN)C(=O)Nc1nn[nH]n1.CN(CCN)C1=NS(=O)ON1.CN(CCN)C1NC(=O)NC1=O.CN(CCN)c1c(O)c(=O)c1=O.CN(CCN)c1c[nH]oc1=O.CN(CCN)c1cc(=O)o[nH]1.CN(CCN)c1n[nH]c(=O)[nH]1.CN(CCN)c1nc(=S)[nH][nH]1.CN(CCN)c1nc(=S)o[nH]1.CN(CCN)c1ncno1.CNCCN(C)c1noc(=O)[nH]1.Cc1nc(N(C)CCN)n[nH]1. The molecule has 70 heteroatoms. The number of hydrogen-bond donors (Lipinski definition) is 27. The quantitative estimate of drug-likeness (QED) is 0.00985. The van der Waals surface area contributed by atoms with E-state index in [1.165, 1.54) is 28.4 Å². The molecule has 11 heterocycles. The van der Waals surface area contributed by atoms with E-state index in [2.05, 4.69) is 168 Å². The van der Waals surface area contributed by atoms with Crippen molar-refractivity contribution in [1.82, 2.24) is 143 Å². The molecule has 136 heavy (non-hydrogen) atoms. The molecule has 0 bridgehead atoms. The second-order valence-electron chi connectivity index (χ2n) is 27.5. The summed E-state index contributed by atoms with van der Waals surface area (Å²) >= 11 is 7.87. The molecule has 1 aromatic carbocycles. The fourth-order valence-electron chi connectivity index (χ4n) is 9.37. The van der Waals surface area contributed by atoms with Crippen LogP contribution in [0.2, 0.25) is 0 Å². The maximum Gasteiger partial charge on any atom is 0.440 e. The average molecular weight is 1990 g/mol. The minimum Gasteiger partial charge on any atom is -0.502 e. The van der Waals surface area contributed by atoms with Crippen LogP contribution < -0.4 is 167 Å². The fraction of sp³-hybridized carbons (Fsp3) is 0.591. The molecule has 2 aliphatic rings. The van der Waals surface area contributed by atoms with E-state index >= 15 is 0 Å². The molecule has 2 atom stereocenters. The Morgan fingerprint density at radius 2 is 1.14 bits per heavy atom. The summed E-state index contributed by atoms with van der Waals surface area (Å²) in [5, 5.41) is 64.2. The van der Waals surface area contributed by atoms with Crippen LogP contribution in [0, 0.1) is 16.5 Å². The van der Waals surface area contributed by atoms with Gasteiger partial charge in [-0.1, -0.05) is 10.3 Å². The third-order valence-corrected chi connectivity index (χ3v) is 17.6. The number of H-pyrrole nitrogens is 10. The van der Waals surface area contributed by atoms with E-state index in [0.29, 0.717) is 170 Å². The van der Waals surface area contributed by atoms with Gasteiger partial charge < -0.3 is 151 Å². The summed E-state index contributed by atoms with van der Waals surface area (Å²) in [7, 11) is 23.3. The number of carbonyl (C=O) groups is 3. The summed E-state index contributed by atoms with van der Waals surface area (Å²) in [5.74, 6) is 3.78. The lowest BCUT2D eigenvalue weighted by molar-refractivity contribution is -0.123. The van der Waals surface area contributed by atoms with Gasteiger partial charge in [0, 0.05) is 235 Å². The van der Waals surface area contributed by atoms with E-state index in [4.69, 9.17) is 89.4 Å². The maximum atomic E-state index is 11.2. The molecule has 766 valence electrons. The number of anilines is 10. The van der Waals surface area contributed by atoms with Crippen LogP contribution in [0.3, 0.4) is 0 Å². The third kappa shape index (κ3) is 47.2. The minimum atomic E-state index is -1.58. The van der Waals surface area contributed by atoms with Crippen LogP contribution in [-0.2, 0) is 20.3 Å². The number of nitrogens with zero attached hydrogens (tertiary/aromatic N) is 24. The van der Waals surface area contributed by atoms with E-state index in [1.807, 2.05) is 75.9 Å². The molecule has 2 aliphatic heterocycles. The van der Waals surface area contributed by atoms with E-state index in [0.717, 1.165) is 51.0 Å². The number of nitrogens with two attached hydrogens (primary N) is 11. The van der Waals surface area contributed by atoms with E-state index in [-0.39, 0.29) is 45.4 Å². The molecule has 10 aromatic rings. The smallest absolute Gasteiger partial charge is 0.440 e. The normalized spacial score (nSPS) is 12.2. The molecule has 0 aliphatic carbocycles. The van der Waals surface area contributed by atoms with E-state index in [9.17, 15) is 47.4 Å². The summed E-state index contributed by atoms with van der Waals surface area (Å²) in [5.41, 5.74) is 58.9. The number of aryl methyl sites for hydroxylation is 1. The first-order chi connectivity index (χ1) is 64.7. The Balaban J connectivity index is 0.000000742. The number of hydrogen-bond acceptors (Lipinski definition) is 54. The van der Waals surface area contributed by atoms with Crippen molar-refractivity contribution >= 4 is 119 Å². The van der Waals surface area contributed by atoms with E-state index in [1.54, 1.807) is 71.7 Å². The van der Waals surface area contributed by atoms with Crippen LogP contribution in [0.5, 0.6) is 5.75 Å². The Kier molecular flexibility index (Phi) is 60.2. The summed E-state index contributed by atoms with van der Waals surface area (Å²) in [6.07, 6.45) is 2.31. The summed E-state index contributed by atoms with van der Waals surface area (Å²) < 4.78 is 41.9. The fourth-order valence-corrected chi connectivity index (χ4v) is 10.1. The molecule has 1 fully saturated rings. The van der Waals surface area contributed by atoms with E-state index < -0.39 is 45.8 Å². The molecule has 12 rings (SSSR count). The lowest BCUT2D eigenvalue weighted by Crippen LogP contribution is -2.46. The number of aromatic hydroxyl groups is 1. The number of rotatable bonds is 36. The molecular weight excluding hydrogens is 1860 g/mol. The molecule has 0 saturated carbocycles. The van der Waals surface area contributed by atoms with Gasteiger partial charge in [-0.2, -0.15) is 34.6 Å². The van der Waals surface area contributed by atoms with Crippen molar-refractivity contribution in [2.45, 2.75) is 13.1 Å². The Morgan fingerprint density at radius 1 is 0.574 bits per heavy atom. The van der Waals surface area contributed by atoms with Gasteiger partial charge in [0.2, 0.25) is 40.5 Å². The van der Waals surface area contributed by atoms with Crippen molar-refractivity contribution in [2.24, 2.45) is 67.5 Å². The number of aromatic nitrogens is 21. The summed E-state index contributed by atoms with van der Waals surface area (Å²) in [6.45, 7) is 16.3. The second-order valence-corrected chi connectivity index (χ2v) is 29.0. The monoisotopic (exact) mass is 1990 g/mol. The number of likely N-dealkylation sites (N-methyl/N-ethyl adjacent to an activating group) is 13. The van der Waals surface area contributed by atoms with Gasteiger partial charge in [-0.05, 0) is 55.8 Å². The van der Waals surface area contributed by atoms with Crippen LogP contribution in [0.4, 0.5) is 68.5 Å². The van der Waals surface area contributed by atoms with Gasteiger partial charge in [0.05, 0.1) is 12.3 Å². The van der Waals surface area contributed by atoms with Gasteiger partial charge in [-0.15, -0.1) is 19.7 Å². The standard InChI is InChI=1S/C7H10N2O3.C6H13N5.2C6H12N4O2.2C6H11N3O2.C5H11N7O.C5H11N5O.C5H11N5S.C5H10N4OS.C5H10N4O.C4H10N4O2S/c1-9(3-2-8)4-5(10)7(12)6(4)11;1-5-8-6(10-9-5)11(2)4-3-7;1-7-3-4-10(2)5-8-6(11)12-9-5;1-10(3-2-7)4-5(11)9-6(12)8-4;1-9(3-2-7)5-4-8-11-6(5)10;1-9(3-2-7)5-4-6(10)11-8-5;1-12(3-2-6)5(13)7-4-8-10-11-9-4;2*1-10(3-2-6)4-7-5(11)9-8-4;1-9(3-2-6)4-7-5(11)10-8-4;1-9(3-2-6)5-7-4-8-10-5;1-8(3-2-5)4-6-10-11(9)7-4/h10H,2-3,8H2,1H3;3-4,7H2,1-2H3,(H,8,9,10);7H,3-4H2,1-2H3,(H,8,9,11);4H,2-3,7H2,1H3,(H2,8,9,11,12);2*4,8H,2-3,7H2,1H3;2-3,6H2,1H3,(H2,7,8,9,10,11,13);2*2-3,6H2,1H3,(H2,7,8,9,11);2-3,6H2,1H3,(H,7,8,11);4H,2-3,6H2,1H3;2-3,5H2,1H3,(H,6,7). The largest absolute Gasteiger partial charge is 0.502 e. The highest BCUT2D eigenvalue weighted by Crippen LogP contribution is 2.18. The van der Waals surface area contributed by atoms with Gasteiger partial charge >= 0.3 is 56.9 Å². The Morgan fingerprint density at radius 3 is 1.59 bits per heavy atom. The van der Waals surface area contributed by atoms with Crippen molar-refractivity contribution in [3.63, 3.8) is 0 Å². The van der Waals surface area contributed by atoms with Crippen LogP contribution in [0.15, 0.2) is 74.4 Å². The second kappa shape index (κ2) is 68.2. The van der Waals surface area contributed by atoms with Gasteiger partial charge in [0.15, 0.2) is 18.2 Å². The Labute approximate surface area is 789 Å². The number of aromatic amines is 10. The number of carbonyl (C=O) groups excluding carboxylic acids is 3. The Hall–Kier alpha value is -13.9. The molecule has 1 saturated heterocycles. The summed E-state index contributed by atoms with van der Waals surface area (Å²) in [4.78, 5) is 139. The molecule has 0 radical (unpaired) electrons.